The van der Waals surface area contributed by atoms with Crippen molar-refractivity contribution in [3.63, 3.8) is 0 Å². The van der Waals surface area contributed by atoms with Crippen molar-refractivity contribution in [3.05, 3.63) is 53.8 Å². The predicted molar refractivity (Wildman–Crippen MR) is 98.9 cm³/mol. The third-order valence-corrected chi connectivity index (χ3v) is 5.34. The Morgan fingerprint density at radius 2 is 2.00 bits per heavy atom. The van der Waals surface area contributed by atoms with Crippen LogP contribution in [0.2, 0.25) is 0 Å². The van der Waals surface area contributed by atoms with Crippen LogP contribution in [0.25, 0.3) is 11.6 Å². The Bertz CT molecular complexity index is 838. The molecule has 0 amide bonds. The molecule has 0 saturated carbocycles. The van der Waals surface area contributed by atoms with Gasteiger partial charge in [-0.2, -0.15) is 0 Å². The number of benzene rings is 1. The van der Waals surface area contributed by atoms with E-state index in [1.165, 1.54) is 17.3 Å². The van der Waals surface area contributed by atoms with E-state index in [-0.39, 0.29) is 5.78 Å². The molecule has 0 aliphatic heterocycles. The zero-order chi connectivity index (χ0) is 17.8. The van der Waals surface area contributed by atoms with Crippen molar-refractivity contribution in [2.75, 3.05) is 5.75 Å². The summed E-state index contributed by atoms with van der Waals surface area (Å²) < 4.78 is 7.18. The molecule has 0 saturated heterocycles. The Labute approximate surface area is 151 Å². The fraction of sp³-hybridized carbons (Fsp3) is 0.316. The van der Waals surface area contributed by atoms with Gasteiger partial charge in [-0.05, 0) is 30.0 Å². The van der Waals surface area contributed by atoms with Gasteiger partial charge in [0.15, 0.2) is 22.5 Å². The monoisotopic (exact) mass is 355 g/mol. The summed E-state index contributed by atoms with van der Waals surface area (Å²) in [5.41, 5.74) is 2.00. The summed E-state index contributed by atoms with van der Waals surface area (Å²) in [5.74, 6) is 2.24. The molecule has 25 heavy (non-hydrogen) atoms. The van der Waals surface area contributed by atoms with Gasteiger partial charge in [-0.3, -0.25) is 4.79 Å². The Kier molecular flexibility index (Phi) is 5.38. The van der Waals surface area contributed by atoms with Crippen molar-refractivity contribution in [3.8, 4) is 11.6 Å². The quantitative estimate of drug-likeness (QED) is 0.459. The molecule has 2 heterocycles. The van der Waals surface area contributed by atoms with Gasteiger partial charge < -0.3 is 8.98 Å². The van der Waals surface area contributed by atoms with Crippen molar-refractivity contribution in [2.45, 2.75) is 31.3 Å². The van der Waals surface area contributed by atoms with Crippen LogP contribution in [0, 0.1) is 0 Å². The minimum absolute atomic E-state index is 0.0863. The summed E-state index contributed by atoms with van der Waals surface area (Å²) in [5, 5.41) is 8.98. The highest BCUT2D eigenvalue weighted by atomic mass is 32.2. The molecule has 0 aliphatic carbocycles. The normalized spacial score (nSPS) is 12.3. The first kappa shape index (κ1) is 17.5. The van der Waals surface area contributed by atoms with Gasteiger partial charge in [-0.15, -0.1) is 10.2 Å². The predicted octanol–water partition coefficient (Wildman–Crippen LogP) is 4.56. The van der Waals surface area contributed by atoms with Crippen molar-refractivity contribution in [2.24, 2.45) is 7.05 Å². The van der Waals surface area contributed by atoms with Crippen LogP contribution in [0.4, 0.5) is 0 Å². The molecule has 130 valence electrons. The molecule has 0 bridgehead atoms. The number of hydrogen-bond donors (Lipinski definition) is 0. The minimum atomic E-state index is 0.0863. The largest absolute Gasteiger partial charge is 0.461 e. The van der Waals surface area contributed by atoms with Crippen molar-refractivity contribution >= 4 is 17.5 Å². The van der Waals surface area contributed by atoms with E-state index < -0.39 is 0 Å². The molecule has 5 nitrogen and oxygen atoms in total. The lowest BCUT2D eigenvalue weighted by Gasteiger charge is -2.09. The molecule has 0 radical (unpaired) electrons. The third-order valence-electron chi connectivity index (χ3n) is 4.32. The summed E-state index contributed by atoms with van der Waals surface area (Å²) in [7, 11) is 1.87. The summed E-state index contributed by atoms with van der Waals surface area (Å²) in [6, 6.07) is 11.6. The van der Waals surface area contributed by atoms with E-state index >= 15 is 0 Å². The standard InChI is InChI=1S/C19H21N3O2S/c1-4-13(2)14-7-9-15(10-8-14)16(23)12-25-19-21-20-18(22(19)3)17-6-5-11-24-17/h5-11,13H,4,12H2,1-3H3/t13-/m0/s1. The highest BCUT2D eigenvalue weighted by Gasteiger charge is 2.15. The van der Waals surface area contributed by atoms with Crippen LogP contribution in [0.1, 0.15) is 42.1 Å². The second-order valence-corrected chi connectivity index (χ2v) is 6.93. The fourth-order valence-corrected chi connectivity index (χ4v) is 3.31. The molecular weight excluding hydrogens is 334 g/mol. The van der Waals surface area contributed by atoms with Gasteiger partial charge >= 0.3 is 0 Å². The van der Waals surface area contributed by atoms with Gasteiger partial charge in [0.05, 0.1) is 12.0 Å². The van der Waals surface area contributed by atoms with E-state index in [0.717, 1.165) is 12.0 Å². The molecule has 1 atom stereocenters. The molecule has 6 heteroatoms. The highest BCUT2D eigenvalue weighted by Crippen LogP contribution is 2.24. The van der Waals surface area contributed by atoms with E-state index in [2.05, 4.69) is 24.0 Å². The van der Waals surface area contributed by atoms with Crippen LogP contribution >= 0.6 is 11.8 Å². The highest BCUT2D eigenvalue weighted by molar-refractivity contribution is 7.99. The maximum Gasteiger partial charge on any atom is 0.200 e. The van der Waals surface area contributed by atoms with E-state index in [9.17, 15) is 4.79 Å². The number of hydrogen-bond acceptors (Lipinski definition) is 5. The number of nitrogens with zero attached hydrogens (tertiary/aromatic N) is 3. The summed E-state index contributed by atoms with van der Waals surface area (Å²) in [6.45, 7) is 4.36. The molecule has 1 aromatic carbocycles. The number of Topliss-reactive ketones (excluding diaryl/α,β-unsaturated/α-hetero) is 1. The van der Waals surface area contributed by atoms with E-state index in [1.807, 2.05) is 48.0 Å². The first-order valence-corrected chi connectivity index (χ1v) is 9.28. The van der Waals surface area contributed by atoms with Crippen molar-refractivity contribution in [1.82, 2.24) is 14.8 Å². The van der Waals surface area contributed by atoms with Gasteiger partial charge in [0.25, 0.3) is 0 Å². The zero-order valence-corrected chi connectivity index (χ0v) is 15.4. The number of aromatic nitrogens is 3. The van der Waals surface area contributed by atoms with E-state index in [0.29, 0.717) is 28.4 Å². The van der Waals surface area contributed by atoms with Crippen LogP contribution in [-0.2, 0) is 7.05 Å². The molecule has 3 rings (SSSR count). The Morgan fingerprint density at radius 3 is 2.64 bits per heavy atom. The molecule has 0 fully saturated rings. The Hall–Kier alpha value is -2.34. The number of rotatable bonds is 7. The van der Waals surface area contributed by atoms with Crippen molar-refractivity contribution in [1.29, 1.82) is 0 Å². The molecule has 0 aliphatic rings. The summed E-state index contributed by atoms with van der Waals surface area (Å²) in [4.78, 5) is 12.4. The number of furan rings is 1. The lowest BCUT2D eigenvalue weighted by atomic mass is 9.97. The van der Waals surface area contributed by atoms with Gasteiger partial charge in [-0.25, -0.2) is 0 Å². The van der Waals surface area contributed by atoms with E-state index in [4.69, 9.17) is 4.42 Å². The molecule has 2 aromatic heterocycles. The summed E-state index contributed by atoms with van der Waals surface area (Å²) >= 11 is 1.38. The van der Waals surface area contributed by atoms with Gasteiger partial charge in [-0.1, -0.05) is 49.9 Å². The zero-order valence-electron chi connectivity index (χ0n) is 14.6. The second kappa shape index (κ2) is 7.70. The lowest BCUT2D eigenvalue weighted by molar-refractivity contribution is 0.102. The van der Waals surface area contributed by atoms with Crippen LogP contribution < -0.4 is 0 Å². The minimum Gasteiger partial charge on any atom is -0.461 e. The average Bonchev–Trinajstić information content (AvgIpc) is 3.29. The van der Waals surface area contributed by atoms with E-state index in [1.54, 1.807) is 6.26 Å². The first-order chi connectivity index (χ1) is 12.1. The number of ketones is 1. The SMILES string of the molecule is CC[C@H](C)c1ccc(C(=O)CSc2nnc(-c3ccco3)n2C)cc1. The van der Waals surface area contributed by atoms with Crippen LogP contribution in [0.3, 0.4) is 0 Å². The topological polar surface area (TPSA) is 60.9 Å². The Morgan fingerprint density at radius 1 is 1.24 bits per heavy atom. The van der Waals surface area contributed by atoms with Gasteiger partial charge in [0.2, 0.25) is 0 Å². The first-order valence-electron chi connectivity index (χ1n) is 8.29. The number of carbonyl (C=O) groups is 1. The van der Waals surface area contributed by atoms with Crippen LogP contribution in [0.5, 0.6) is 0 Å². The molecule has 0 unspecified atom stereocenters. The maximum absolute atomic E-state index is 12.4. The smallest absolute Gasteiger partial charge is 0.200 e. The number of carbonyl (C=O) groups excluding carboxylic acids is 1. The molecule has 0 spiro atoms. The average molecular weight is 355 g/mol. The fourth-order valence-electron chi connectivity index (χ4n) is 2.51. The maximum atomic E-state index is 12.4. The molecular formula is C19H21N3O2S. The van der Waals surface area contributed by atoms with Crippen LogP contribution in [0.15, 0.2) is 52.2 Å². The Balaban J connectivity index is 1.65. The van der Waals surface area contributed by atoms with Crippen LogP contribution in [-0.4, -0.2) is 26.3 Å². The van der Waals surface area contributed by atoms with Crippen molar-refractivity contribution < 1.29 is 9.21 Å². The second-order valence-electron chi connectivity index (χ2n) is 5.99. The van der Waals surface area contributed by atoms with Gasteiger partial charge in [0.1, 0.15) is 0 Å². The lowest BCUT2D eigenvalue weighted by Crippen LogP contribution is -2.04. The third kappa shape index (κ3) is 3.85. The number of thioether (sulfide) groups is 1. The molecule has 3 aromatic rings. The molecule has 0 N–H and O–H groups in total. The summed E-state index contributed by atoms with van der Waals surface area (Å²) in [6.07, 6.45) is 2.69. The van der Waals surface area contributed by atoms with Gasteiger partial charge in [0, 0.05) is 12.6 Å².